The summed E-state index contributed by atoms with van der Waals surface area (Å²) in [6.45, 7) is 3.59. The third-order valence-corrected chi connectivity index (χ3v) is 4.48. The van der Waals surface area contributed by atoms with Crippen LogP contribution in [0.1, 0.15) is 11.1 Å². The topological polar surface area (TPSA) is 59.1 Å². The van der Waals surface area contributed by atoms with E-state index < -0.39 is 10.0 Å². The first-order valence-corrected chi connectivity index (χ1v) is 7.46. The highest BCUT2D eigenvalue weighted by Crippen LogP contribution is 2.24. The van der Waals surface area contributed by atoms with Crippen LogP contribution in [0.25, 0.3) is 0 Å². The van der Waals surface area contributed by atoms with E-state index in [-0.39, 0.29) is 10.6 Å². The fourth-order valence-corrected chi connectivity index (χ4v) is 3.25. The second kappa shape index (κ2) is 5.19. The molecule has 0 radical (unpaired) electrons. The molecule has 0 fully saturated rings. The van der Waals surface area contributed by atoms with Crippen LogP contribution in [0.2, 0.25) is 5.02 Å². The fraction of sp³-hybridized carbons (Fsp3) is 0.154. The number of anilines is 1. The van der Waals surface area contributed by atoms with Gasteiger partial charge in [0.05, 0.1) is 21.8 Å². The van der Waals surface area contributed by atoms with Crippen molar-refractivity contribution in [2.24, 2.45) is 0 Å². The van der Waals surface area contributed by atoms with E-state index in [2.05, 4.69) is 9.71 Å². The first-order valence-electron chi connectivity index (χ1n) is 5.60. The lowest BCUT2D eigenvalue weighted by molar-refractivity contribution is 0.600. The van der Waals surface area contributed by atoms with E-state index in [9.17, 15) is 8.42 Å². The summed E-state index contributed by atoms with van der Waals surface area (Å²) >= 11 is 5.92. The third kappa shape index (κ3) is 3.05. The molecule has 19 heavy (non-hydrogen) atoms. The van der Waals surface area contributed by atoms with Gasteiger partial charge in [0.25, 0.3) is 10.0 Å². The molecule has 100 valence electrons. The standard InChI is InChI=1S/C13H13ClN2O2S/c1-9-3-4-10(2)13(7-9)19(17,18)16-12-8-15-6-5-11(12)14/h3-8,16H,1-2H3. The van der Waals surface area contributed by atoms with Crippen molar-refractivity contribution in [3.8, 4) is 0 Å². The molecule has 0 bridgehead atoms. The minimum atomic E-state index is -3.66. The number of halogens is 1. The highest BCUT2D eigenvalue weighted by Gasteiger charge is 2.18. The zero-order valence-corrected chi connectivity index (χ0v) is 12.1. The predicted molar refractivity (Wildman–Crippen MR) is 76.0 cm³/mol. The van der Waals surface area contributed by atoms with Crippen molar-refractivity contribution in [1.82, 2.24) is 4.98 Å². The maximum absolute atomic E-state index is 12.3. The summed E-state index contributed by atoms with van der Waals surface area (Å²) in [7, 11) is -3.66. The number of benzene rings is 1. The second-order valence-electron chi connectivity index (χ2n) is 4.23. The van der Waals surface area contributed by atoms with Crippen molar-refractivity contribution in [1.29, 1.82) is 0 Å². The van der Waals surface area contributed by atoms with E-state index in [1.165, 1.54) is 18.5 Å². The van der Waals surface area contributed by atoms with Gasteiger partial charge in [-0.1, -0.05) is 23.7 Å². The van der Waals surface area contributed by atoms with Gasteiger partial charge < -0.3 is 0 Å². The normalized spacial score (nSPS) is 11.3. The average Bonchev–Trinajstić information content (AvgIpc) is 2.35. The highest BCUT2D eigenvalue weighted by molar-refractivity contribution is 7.92. The quantitative estimate of drug-likeness (QED) is 0.946. The smallest absolute Gasteiger partial charge is 0.262 e. The minimum Gasteiger partial charge on any atom is -0.277 e. The van der Waals surface area contributed by atoms with Gasteiger partial charge in [0.1, 0.15) is 0 Å². The molecule has 6 heteroatoms. The van der Waals surface area contributed by atoms with Crippen LogP contribution >= 0.6 is 11.6 Å². The first kappa shape index (κ1) is 13.8. The Bertz CT molecular complexity index is 714. The number of aromatic nitrogens is 1. The van der Waals surface area contributed by atoms with E-state index in [0.29, 0.717) is 10.6 Å². The van der Waals surface area contributed by atoms with Crippen LogP contribution in [-0.2, 0) is 10.0 Å². The van der Waals surface area contributed by atoms with Crippen LogP contribution in [0, 0.1) is 13.8 Å². The number of rotatable bonds is 3. The van der Waals surface area contributed by atoms with E-state index in [0.717, 1.165) is 5.56 Å². The Morgan fingerprint density at radius 2 is 1.95 bits per heavy atom. The van der Waals surface area contributed by atoms with Crippen LogP contribution in [0.15, 0.2) is 41.6 Å². The molecule has 0 aliphatic heterocycles. The lowest BCUT2D eigenvalue weighted by Gasteiger charge is -2.11. The molecule has 0 unspecified atom stereocenters. The molecule has 0 spiro atoms. The molecule has 1 N–H and O–H groups in total. The molecule has 0 atom stereocenters. The van der Waals surface area contributed by atoms with E-state index in [4.69, 9.17) is 11.6 Å². The molecule has 0 saturated carbocycles. The SMILES string of the molecule is Cc1ccc(C)c(S(=O)(=O)Nc2cnccc2Cl)c1. The molecule has 0 saturated heterocycles. The van der Waals surface area contributed by atoms with Gasteiger partial charge in [-0.25, -0.2) is 8.42 Å². The van der Waals surface area contributed by atoms with Crippen LogP contribution in [0.3, 0.4) is 0 Å². The van der Waals surface area contributed by atoms with Crippen molar-refractivity contribution in [3.05, 3.63) is 52.8 Å². The highest BCUT2D eigenvalue weighted by atomic mass is 35.5. The number of nitrogens with zero attached hydrogens (tertiary/aromatic N) is 1. The summed E-state index contributed by atoms with van der Waals surface area (Å²) in [5.41, 5.74) is 1.83. The van der Waals surface area contributed by atoms with Crippen molar-refractivity contribution in [2.75, 3.05) is 4.72 Å². The van der Waals surface area contributed by atoms with Gasteiger partial charge in [0.15, 0.2) is 0 Å². The molecule has 1 heterocycles. The monoisotopic (exact) mass is 296 g/mol. The van der Waals surface area contributed by atoms with E-state index in [1.807, 2.05) is 13.0 Å². The van der Waals surface area contributed by atoms with Gasteiger partial charge in [0, 0.05) is 6.20 Å². The average molecular weight is 297 g/mol. The summed E-state index contributed by atoms with van der Waals surface area (Å²) in [4.78, 5) is 4.09. The van der Waals surface area contributed by atoms with Crippen LogP contribution in [0.5, 0.6) is 0 Å². The molecule has 2 rings (SSSR count). The van der Waals surface area contributed by atoms with Gasteiger partial charge in [-0.05, 0) is 37.1 Å². The number of aryl methyl sites for hydroxylation is 2. The van der Waals surface area contributed by atoms with Gasteiger partial charge in [-0.3, -0.25) is 9.71 Å². The Morgan fingerprint density at radius 3 is 2.63 bits per heavy atom. The zero-order valence-electron chi connectivity index (χ0n) is 10.5. The van der Waals surface area contributed by atoms with Crippen LogP contribution in [0.4, 0.5) is 5.69 Å². The first-order chi connectivity index (χ1) is 8.90. The van der Waals surface area contributed by atoms with Crippen LogP contribution < -0.4 is 4.72 Å². The molecule has 0 aliphatic rings. The molecule has 1 aromatic carbocycles. The van der Waals surface area contributed by atoms with Crippen LogP contribution in [-0.4, -0.2) is 13.4 Å². The number of hydrogen-bond donors (Lipinski definition) is 1. The van der Waals surface area contributed by atoms with E-state index >= 15 is 0 Å². The van der Waals surface area contributed by atoms with Gasteiger partial charge >= 0.3 is 0 Å². The van der Waals surface area contributed by atoms with E-state index in [1.54, 1.807) is 19.1 Å². The Labute approximate surface area is 117 Å². The van der Waals surface area contributed by atoms with Crippen molar-refractivity contribution in [3.63, 3.8) is 0 Å². The third-order valence-electron chi connectivity index (χ3n) is 2.65. The van der Waals surface area contributed by atoms with Gasteiger partial charge in [-0.15, -0.1) is 0 Å². The largest absolute Gasteiger partial charge is 0.277 e. The maximum Gasteiger partial charge on any atom is 0.262 e. The fourth-order valence-electron chi connectivity index (χ4n) is 1.65. The summed E-state index contributed by atoms with van der Waals surface area (Å²) in [5.74, 6) is 0. The van der Waals surface area contributed by atoms with Crippen molar-refractivity contribution in [2.45, 2.75) is 18.7 Å². The molecule has 4 nitrogen and oxygen atoms in total. The minimum absolute atomic E-state index is 0.243. The molecular weight excluding hydrogens is 284 g/mol. The molecule has 0 aliphatic carbocycles. The number of sulfonamides is 1. The molecule has 2 aromatic rings. The van der Waals surface area contributed by atoms with Crippen molar-refractivity contribution >= 4 is 27.3 Å². The molecule has 1 aromatic heterocycles. The summed E-state index contributed by atoms with van der Waals surface area (Å²) in [6.07, 6.45) is 2.88. The zero-order chi connectivity index (χ0) is 14.0. The lowest BCUT2D eigenvalue weighted by atomic mass is 10.2. The predicted octanol–water partition coefficient (Wildman–Crippen LogP) is 3.15. The molecular formula is C13H13ClN2O2S. The number of hydrogen-bond acceptors (Lipinski definition) is 3. The number of nitrogens with one attached hydrogen (secondary N) is 1. The van der Waals surface area contributed by atoms with Crippen molar-refractivity contribution < 1.29 is 8.42 Å². The number of pyridine rings is 1. The summed E-state index contributed by atoms with van der Waals surface area (Å²) in [6, 6.07) is 6.80. The Balaban J connectivity index is 2.44. The Kier molecular flexibility index (Phi) is 3.78. The Morgan fingerprint density at radius 1 is 1.21 bits per heavy atom. The lowest BCUT2D eigenvalue weighted by Crippen LogP contribution is -2.14. The maximum atomic E-state index is 12.3. The Hall–Kier alpha value is -1.59. The van der Waals surface area contributed by atoms with Gasteiger partial charge in [0.2, 0.25) is 0 Å². The molecule has 0 amide bonds. The second-order valence-corrected chi connectivity index (χ2v) is 6.29. The van der Waals surface area contributed by atoms with Gasteiger partial charge in [-0.2, -0.15) is 0 Å². The summed E-state index contributed by atoms with van der Waals surface area (Å²) < 4.78 is 27.1. The summed E-state index contributed by atoms with van der Waals surface area (Å²) in [5, 5.41) is 0.309.